The van der Waals surface area contributed by atoms with Crippen LogP contribution < -0.4 is 18.9 Å². The van der Waals surface area contributed by atoms with Crippen molar-refractivity contribution in [2.24, 2.45) is 0 Å². The molecule has 0 aliphatic carbocycles. The van der Waals surface area contributed by atoms with Crippen LogP contribution in [0, 0.1) is 0 Å². The van der Waals surface area contributed by atoms with Crippen LogP contribution in [0.4, 0.5) is 13.2 Å². The Kier molecular flexibility index (Phi) is 18.7. The minimum absolute atomic E-state index is 0.0246. The van der Waals surface area contributed by atoms with Gasteiger partial charge >= 0.3 is 30.1 Å². The number of pyridine rings is 1. The third kappa shape index (κ3) is 15.5. The molecular formula is C44H33Cl5F3NO12. The lowest BCUT2D eigenvalue weighted by Gasteiger charge is -2.13. The number of aromatic nitrogens is 1. The molecule has 0 aliphatic rings. The van der Waals surface area contributed by atoms with Gasteiger partial charge in [0, 0.05) is 16.6 Å². The summed E-state index contributed by atoms with van der Waals surface area (Å²) < 4.78 is 68.9. The number of alkyl halides is 3. The van der Waals surface area contributed by atoms with E-state index < -0.39 is 54.4 Å². The highest BCUT2D eigenvalue weighted by molar-refractivity contribution is 6.36. The summed E-state index contributed by atoms with van der Waals surface area (Å²) in [5.74, 6) is -1.81. The summed E-state index contributed by atoms with van der Waals surface area (Å²) in [4.78, 5) is 48.6. The van der Waals surface area contributed by atoms with E-state index in [1.807, 2.05) is 0 Å². The number of esters is 2. The molecule has 2 atom stereocenters. The monoisotopic (exact) mass is 999 g/mol. The molecule has 0 saturated carbocycles. The van der Waals surface area contributed by atoms with E-state index in [4.69, 9.17) is 91.9 Å². The van der Waals surface area contributed by atoms with Crippen LogP contribution >= 0.6 is 58.0 Å². The van der Waals surface area contributed by atoms with Crippen molar-refractivity contribution in [1.82, 2.24) is 4.98 Å². The van der Waals surface area contributed by atoms with Crippen LogP contribution in [0.25, 0.3) is 10.9 Å². The summed E-state index contributed by atoms with van der Waals surface area (Å²) in [6.45, 7) is 2.38. The number of rotatable bonds is 13. The van der Waals surface area contributed by atoms with E-state index in [1.165, 1.54) is 19.2 Å². The van der Waals surface area contributed by atoms with Crippen LogP contribution in [0.2, 0.25) is 25.1 Å². The molecule has 65 heavy (non-hydrogen) atoms. The second-order valence-electron chi connectivity index (χ2n) is 12.8. The maximum atomic E-state index is 12.7. The van der Waals surface area contributed by atoms with E-state index in [9.17, 15) is 32.3 Å². The molecule has 21 heteroatoms. The van der Waals surface area contributed by atoms with Crippen molar-refractivity contribution in [1.29, 1.82) is 0 Å². The molecule has 0 spiro atoms. The Balaban J connectivity index is 0.000000220. The molecule has 13 nitrogen and oxygen atoms in total. The number of hydrogen-bond acceptors (Lipinski definition) is 11. The topological polar surface area (TPSA) is 177 Å². The van der Waals surface area contributed by atoms with Crippen molar-refractivity contribution < 1.29 is 71.0 Å². The van der Waals surface area contributed by atoms with Crippen LogP contribution in [0.15, 0.2) is 109 Å². The molecule has 0 aliphatic heterocycles. The first-order valence-electron chi connectivity index (χ1n) is 18.3. The van der Waals surface area contributed by atoms with E-state index >= 15 is 0 Å². The van der Waals surface area contributed by atoms with Gasteiger partial charge < -0.3 is 38.6 Å². The number of hydrogen-bond donors (Lipinski definition) is 2. The number of carbonyl (C=O) groups excluding carboxylic acids is 2. The standard InChI is InChI=1S/C17H11Cl2F3O5.C16H14Cl2O4.C11H8ClNO3/c1-8(15(23)24)26-16(25)11-7-10(3-4-12(11)18)27-14-5-2-9(6-13(14)19)17(20,21)22;1-10(16(19)20-2)21-12-4-6-13(7-5-12)22-15-8-3-11(17)9-14(15)18;12-8-3-4-9(16-6-10(14)15)11-7(8)2-1-5-13-11/h2-8H,1H3,(H,23,24);3-10H,1-2H3;1-5H,6H2,(H,14,15)/t8-;;/m0../s1. The molecule has 6 aromatic rings. The first-order chi connectivity index (χ1) is 30.7. The van der Waals surface area contributed by atoms with Gasteiger partial charge in [0.2, 0.25) is 0 Å². The zero-order chi connectivity index (χ0) is 48.0. The van der Waals surface area contributed by atoms with Crippen molar-refractivity contribution >= 4 is 92.8 Å². The molecule has 0 radical (unpaired) electrons. The summed E-state index contributed by atoms with van der Waals surface area (Å²) in [7, 11) is 1.31. The predicted molar refractivity (Wildman–Crippen MR) is 235 cm³/mol. The number of aliphatic carboxylic acids is 2. The number of nitrogens with zero attached hydrogens (tertiary/aromatic N) is 1. The van der Waals surface area contributed by atoms with Gasteiger partial charge in [0.15, 0.2) is 18.8 Å². The Morgan fingerprint density at radius 2 is 1.26 bits per heavy atom. The predicted octanol–water partition coefficient (Wildman–Crippen LogP) is 12.5. The molecule has 0 fully saturated rings. The minimum atomic E-state index is -4.56. The summed E-state index contributed by atoms with van der Waals surface area (Å²) >= 11 is 29.6. The molecule has 0 saturated heterocycles. The van der Waals surface area contributed by atoms with Gasteiger partial charge in [-0.05, 0) is 117 Å². The molecule has 2 N–H and O–H groups in total. The summed E-state index contributed by atoms with van der Waals surface area (Å²) in [6.07, 6.45) is -5.03. The quantitative estimate of drug-likeness (QED) is 0.105. The molecule has 0 bridgehead atoms. The minimum Gasteiger partial charge on any atom is -0.480 e. The Hall–Kier alpha value is -6.17. The van der Waals surface area contributed by atoms with E-state index in [0.717, 1.165) is 30.5 Å². The van der Waals surface area contributed by atoms with Crippen molar-refractivity contribution in [2.45, 2.75) is 32.2 Å². The highest BCUT2D eigenvalue weighted by atomic mass is 35.5. The fourth-order valence-corrected chi connectivity index (χ4v) is 6.02. The number of ether oxygens (including phenoxy) is 6. The number of benzene rings is 5. The van der Waals surface area contributed by atoms with Crippen molar-refractivity contribution in [2.75, 3.05) is 13.7 Å². The third-order valence-corrected chi connectivity index (χ3v) is 9.58. The Morgan fingerprint density at radius 1 is 0.677 bits per heavy atom. The van der Waals surface area contributed by atoms with Gasteiger partial charge in [-0.15, -0.1) is 0 Å². The number of carboxylic acid groups (broad SMARTS) is 2. The van der Waals surface area contributed by atoms with Crippen LogP contribution in [-0.4, -0.2) is 65.0 Å². The first-order valence-corrected chi connectivity index (χ1v) is 20.2. The highest BCUT2D eigenvalue weighted by Crippen LogP contribution is 2.38. The SMILES string of the molecule is COC(=O)C(C)Oc1ccc(Oc2ccc(Cl)cc2Cl)cc1.C[C@H](OC(=O)c1cc(Oc2ccc(C(F)(F)F)cc2Cl)ccc1Cl)C(=O)O.O=C(O)COc1ccc(Cl)c2cccnc12. The lowest BCUT2D eigenvalue weighted by Crippen LogP contribution is -2.24. The average molecular weight is 1000 g/mol. The van der Waals surface area contributed by atoms with Crippen LogP contribution in [0.3, 0.4) is 0 Å². The van der Waals surface area contributed by atoms with Crippen LogP contribution in [-0.2, 0) is 30.0 Å². The smallest absolute Gasteiger partial charge is 0.416 e. The normalized spacial score (nSPS) is 11.6. The average Bonchev–Trinajstić information content (AvgIpc) is 3.26. The van der Waals surface area contributed by atoms with Crippen LogP contribution in [0.1, 0.15) is 29.8 Å². The summed E-state index contributed by atoms with van der Waals surface area (Å²) in [5, 5.41) is 19.3. The van der Waals surface area contributed by atoms with Crippen molar-refractivity contribution in [3.63, 3.8) is 0 Å². The highest BCUT2D eigenvalue weighted by Gasteiger charge is 2.31. The second kappa shape index (κ2) is 23.7. The number of carboxylic acids is 2. The molecule has 1 unspecified atom stereocenters. The molecule has 342 valence electrons. The Labute approximate surface area is 393 Å². The van der Waals surface area contributed by atoms with Gasteiger partial charge in [0.1, 0.15) is 40.0 Å². The molecule has 6 rings (SSSR count). The fourth-order valence-electron chi connectivity index (χ4n) is 4.94. The zero-order valence-electron chi connectivity index (χ0n) is 33.7. The number of carbonyl (C=O) groups is 4. The maximum absolute atomic E-state index is 12.7. The summed E-state index contributed by atoms with van der Waals surface area (Å²) in [6, 6.07) is 25.0. The number of methoxy groups -OCH3 is 1. The number of halogens is 8. The third-order valence-electron chi connectivity index (χ3n) is 8.10. The second-order valence-corrected chi connectivity index (χ2v) is 14.9. The molecule has 0 amide bonds. The lowest BCUT2D eigenvalue weighted by atomic mass is 10.2. The van der Waals surface area contributed by atoms with E-state index in [0.29, 0.717) is 49.6 Å². The van der Waals surface area contributed by atoms with Crippen molar-refractivity contribution in [3.8, 4) is 34.5 Å². The van der Waals surface area contributed by atoms with Crippen molar-refractivity contribution in [3.05, 3.63) is 146 Å². The lowest BCUT2D eigenvalue weighted by molar-refractivity contribution is -0.148. The van der Waals surface area contributed by atoms with Gasteiger partial charge in [-0.3, -0.25) is 4.98 Å². The van der Waals surface area contributed by atoms with Gasteiger partial charge in [0.25, 0.3) is 0 Å². The molecule has 5 aromatic carbocycles. The molecule has 1 aromatic heterocycles. The maximum Gasteiger partial charge on any atom is 0.416 e. The Bertz CT molecular complexity index is 2650. The summed E-state index contributed by atoms with van der Waals surface area (Å²) in [5.41, 5.74) is -0.551. The molecule has 1 heterocycles. The van der Waals surface area contributed by atoms with E-state index in [-0.39, 0.29) is 27.1 Å². The van der Waals surface area contributed by atoms with Crippen LogP contribution in [0.5, 0.6) is 34.5 Å². The largest absolute Gasteiger partial charge is 0.480 e. The van der Waals surface area contributed by atoms with Gasteiger partial charge in [-0.1, -0.05) is 58.0 Å². The first kappa shape index (κ1) is 51.5. The fraction of sp³-hybridized carbons (Fsp3) is 0.159. The molecular weight excluding hydrogens is 969 g/mol. The van der Waals surface area contributed by atoms with E-state index in [1.54, 1.807) is 79.9 Å². The van der Waals surface area contributed by atoms with Gasteiger partial charge in [-0.25, -0.2) is 19.2 Å². The van der Waals surface area contributed by atoms with E-state index in [2.05, 4.69) is 9.72 Å². The van der Waals surface area contributed by atoms with Gasteiger partial charge in [0.05, 0.1) is 38.3 Å². The number of fused-ring (bicyclic) bond motifs is 1. The zero-order valence-corrected chi connectivity index (χ0v) is 37.5. The van der Waals surface area contributed by atoms with Gasteiger partial charge in [-0.2, -0.15) is 13.2 Å². The Morgan fingerprint density at radius 3 is 1.86 bits per heavy atom.